The third-order valence-corrected chi connectivity index (χ3v) is 7.35. The van der Waals surface area contributed by atoms with Gasteiger partial charge < -0.3 is 16.0 Å². The van der Waals surface area contributed by atoms with E-state index in [0.717, 1.165) is 22.6 Å². The Labute approximate surface area is 245 Å². The molecular formula is C30H29N11O2. The molecule has 216 valence electrons. The number of H-pyrrole nitrogens is 1. The summed E-state index contributed by atoms with van der Waals surface area (Å²) >= 11 is 0. The number of hydrogen-bond acceptors (Lipinski definition) is 8. The van der Waals surface area contributed by atoms with Crippen molar-refractivity contribution in [3.63, 3.8) is 0 Å². The Morgan fingerprint density at radius 2 is 1.95 bits per heavy atom. The first-order valence-electron chi connectivity index (χ1n) is 13.6. The zero-order chi connectivity index (χ0) is 30.2. The van der Waals surface area contributed by atoms with Crippen molar-refractivity contribution >= 4 is 28.3 Å². The van der Waals surface area contributed by atoms with Crippen LogP contribution in [0.25, 0.3) is 16.6 Å². The number of nitrogens with two attached hydrogens (primary N) is 1. The van der Waals surface area contributed by atoms with Crippen LogP contribution >= 0.6 is 0 Å². The van der Waals surface area contributed by atoms with Gasteiger partial charge in [0.1, 0.15) is 11.4 Å². The third kappa shape index (κ3) is 5.10. The van der Waals surface area contributed by atoms with Crippen LogP contribution in [0.1, 0.15) is 57.4 Å². The number of nitrogens with zero attached hydrogens (tertiary/aromatic N) is 8. The van der Waals surface area contributed by atoms with Crippen molar-refractivity contribution in [1.29, 1.82) is 0 Å². The van der Waals surface area contributed by atoms with Gasteiger partial charge in [0.2, 0.25) is 0 Å². The van der Waals surface area contributed by atoms with Gasteiger partial charge >= 0.3 is 0 Å². The average molecular weight is 576 g/mol. The minimum Gasteiger partial charge on any atom is -0.381 e. The Kier molecular flexibility index (Phi) is 6.95. The van der Waals surface area contributed by atoms with Crippen LogP contribution in [-0.2, 0) is 20.0 Å². The SMILES string of the molecule is Cc1ccn2nc(N)c(C(=O)NC(C)c3nc4cccc(C#Cc5cnn(C)c5C)c4c(=O)n3CCc3cnc[nH]3)c2n1. The molecule has 1 atom stereocenters. The number of aryl methyl sites for hydroxylation is 3. The number of nitrogens with one attached hydrogen (secondary N) is 2. The molecule has 0 spiro atoms. The van der Waals surface area contributed by atoms with Gasteiger partial charge in [0.15, 0.2) is 11.5 Å². The Hall–Kier alpha value is -5.77. The molecule has 0 radical (unpaired) electrons. The maximum atomic E-state index is 14.2. The summed E-state index contributed by atoms with van der Waals surface area (Å²) in [6.45, 7) is 5.82. The van der Waals surface area contributed by atoms with E-state index in [0.29, 0.717) is 40.9 Å². The fourth-order valence-corrected chi connectivity index (χ4v) is 4.93. The van der Waals surface area contributed by atoms with Crippen molar-refractivity contribution in [2.24, 2.45) is 7.05 Å². The molecule has 1 unspecified atom stereocenters. The van der Waals surface area contributed by atoms with Crippen molar-refractivity contribution in [3.05, 3.63) is 99.1 Å². The fourth-order valence-electron chi connectivity index (χ4n) is 4.93. The zero-order valence-electron chi connectivity index (χ0n) is 24.1. The van der Waals surface area contributed by atoms with E-state index in [1.54, 1.807) is 59.3 Å². The van der Waals surface area contributed by atoms with E-state index in [9.17, 15) is 9.59 Å². The predicted octanol–water partition coefficient (Wildman–Crippen LogP) is 2.23. The van der Waals surface area contributed by atoms with Crippen molar-refractivity contribution in [1.82, 2.24) is 49.2 Å². The number of imidazole rings is 1. The summed E-state index contributed by atoms with van der Waals surface area (Å²) in [6.07, 6.45) is 7.19. The van der Waals surface area contributed by atoms with Crippen LogP contribution in [0.5, 0.6) is 0 Å². The first kappa shape index (κ1) is 27.4. The molecule has 4 N–H and O–H groups in total. The van der Waals surface area contributed by atoms with Gasteiger partial charge in [0, 0.05) is 49.4 Å². The molecule has 5 heterocycles. The first-order valence-corrected chi connectivity index (χ1v) is 13.6. The van der Waals surface area contributed by atoms with Gasteiger partial charge in [-0.25, -0.2) is 19.5 Å². The van der Waals surface area contributed by atoms with E-state index in [2.05, 4.69) is 42.3 Å². The lowest BCUT2D eigenvalue weighted by molar-refractivity contribution is 0.0939. The Morgan fingerprint density at radius 1 is 1.14 bits per heavy atom. The van der Waals surface area contributed by atoms with Gasteiger partial charge in [0.05, 0.1) is 40.7 Å². The van der Waals surface area contributed by atoms with Gasteiger partial charge in [-0.1, -0.05) is 17.9 Å². The van der Waals surface area contributed by atoms with Crippen LogP contribution in [-0.4, -0.2) is 49.8 Å². The quantitative estimate of drug-likeness (QED) is 0.254. The summed E-state index contributed by atoms with van der Waals surface area (Å²) in [4.78, 5) is 44.1. The van der Waals surface area contributed by atoms with Crippen LogP contribution in [0, 0.1) is 25.7 Å². The van der Waals surface area contributed by atoms with Gasteiger partial charge in [-0.15, -0.1) is 5.10 Å². The molecule has 0 aliphatic rings. The van der Waals surface area contributed by atoms with E-state index in [-0.39, 0.29) is 16.9 Å². The molecule has 0 aliphatic heterocycles. The molecule has 0 saturated heterocycles. The largest absolute Gasteiger partial charge is 0.381 e. The van der Waals surface area contributed by atoms with Crippen molar-refractivity contribution < 1.29 is 4.79 Å². The van der Waals surface area contributed by atoms with Crippen molar-refractivity contribution in [2.75, 3.05) is 5.73 Å². The number of hydrogen-bond donors (Lipinski definition) is 3. The molecule has 13 heteroatoms. The maximum Gasteiger partial charge on any atom is 0.262 e. The fraction of sp³-hybridized carbons (Fsp3) is 0.233. The van der Waals surface area contributed by atoms with E-state index < -0.39 is 11.9 Å². The topological polar surface area (TPSA) is 167 Å². The number of rotatable bonds is 6. The lowest BCUT2D eigenvalue weighted by atomic mass is 10.1. The summed E-state index contributed by atoms with van der Waals surface area (Å²) < 4.78 is 4.79. The van der Waals surface area contributed by atoms with Crippen molar-refractivity contribution in [2.45, 2.75) is 39.8 Å². The summed E-state index contributed by atoms with van der Waals surface area (Å²) in [6, 6.07) is 6.49. The van der Waals surface area contributed by atoms with Gasteiger partial charge in [-0.05, 0) is 39.0 Å². The highest BCUT2D eigenvalue weighted by Gasteiger charge is 2.24. The van der Waals surface area contributed by atoms with Gasteiger partial charge in [-0.2, -0.15) is 5.10 Å². The highest BCUT2D eigenvalue weighted by molar-refractivity contribution is 6.04. The lowest BCUT2D eigenvalue weighted by Crippen LogP contribution is -2.34. The normalized spacial score (nSPS) is 11.9. The summed E-state index contributed by atoms with van der Waals surface area (Å²) in [5, 5.41) is 11.8. The molecule has 6 rings (SSSR count). The van der Waals surface area contributed by atoms with Gasteiger partial charge in [-0.3, -0.25) is 18.8 Å². The molecule has 0 saturated carbocycles. The second kappa shape index (κ2) is 10.9. The number of amides is 1. The Morgan fingerprint density at radius 3 is 2.70 bits per heavy atom. The average Bonchev–Trinajstić information content (AvgIpc) is 3.70. The molecule has 13 nitrogen and oxygen atoms in total. The third-order valence-electron chi connectivity index (χ3n) is 7.35. The van der Waals surface area contributed by atoms with E-state index in [1.807, 2.05) is 27.0 Å². The molecule has 43 heavy (non-hydrogen) atoms. The number of carbonyl (C=O) groups is 1. The summed E-state index contributed by atoms with van der Waals surface area (Å²) in [5.74, 6) is 6.26. The monoisotopic (exact) mass is 575 g/mol. The molecule has 0 fully saturated rings. The number of fused-ring (bicyclic) bond motifs is 2. The number of aromatic amines is 1. The van der Waals surface area contributed by atoms with Crippen LogP contribution in [0.15, 0.2) is 54.0 Å². The predicted molar refractivity (Wildman–Crippen MR) is 160 cm³/mol. The zero-order valence-corrected chi connectivity index (χ0v) is 24.1. The Balaban J connectivity index is 1.42. The smallest absolute Gasteiger partial charge is 0.262 e. The first-order chi connectivity index (χ1) is 20.7. The number of carbonyl (C=O) groups excluding carboxylic acids is 1. The molecule has 1 amide bonds. The highest BCUT2D eigenvalue weighted by atomic mass is 16.2. The van der Waals surface area contributed by atoms with Crippen molar-refractivity contribution in [3.8, 4) is 11.8 Å². The van der Waals surface area contributed by atoms with Crippen LogP contribution in [0.2, 0.25) is 0 Å². The molecule has 5 aromatic heterocycles. The lowest BCUT2D eigenvalue weighted by Gasteiger charge is -2.20. The molecule has 0 bridgehead atoms. The standard InChI is InChI=1S/C30H29N11O2/c1-17-10-13-41-28(35-17)25(26(31)38-41)29(42)36-18(2)27-37-23-7-5-6-20(8-9-21-14-34-39(4)19(21)3)24(23)30(43)40(27)12-11-22-15-32-16-33-22/h5-7,10,13-16,18H,11-12H2,1-4H3,(H2,31,38)(H,32,33)(H,36,42). The van der Waals surface area contributed by atoms with Gasteiger partial charge in [0.25, 0.3) is 11.5 Å². The number of aromatic nitrogens is 9. The van der Waals surface area contributed by atoms with E-state index in [4.69, 9.17) is 10.7 Å². The maximum absolute atomic E-state index is 14.2. The second-order valence-electron chi connectivity index (χ2n) is 10.3. The minimum absolute atomic E-state index is 0.0537. The molecule has 6 aromatic rings. The molecule has 1 aromatic carbocycles. The van der Waals surface area contributed by atoms with Crippen LogP contribution in [0.3, 0.4) is 0 Å². The number of nitrogen functional groups attached to an aromatic ring is 1. The highest BCUT2D eigenvalue weighted by Crippen LogP contribution is 2.21. The van der Waals surface area contributed by atoms with Crippen LogP contribution in [0.4, 0.5) is 5.82 Å². The van der Waals surface area contributed by atoms with E-state index >= 15 is 0 Å². The minimum atomic E-state index is -0.668. The molecule has 0 aliphatic carbocycles. The van der Waals surface area contributed by atoms with Crippen LogP contribution < -0.4 is 16.6 Å². The molecular weight excluding hydrogens is 546 g/mol. The number of benzene rings is 1. The Bertz CT molecular complexity index is 2120. The summed E-state index contributed by atoms with van der Waals surface area (Å²) in [7, 11) is 1.85. The second-order valence-corrected chi connectivity index (χ2v) is 10.3. The van der Waals surface area contributed by atoms with E-state index in [1.165, 1.54) is 4.52 Å². The summed E-state index contributed by atoms with van der Waals surface area (Å²) in [5.41, 5.74) is 10.7. The number of anilines is 1.